The number of rotatable bonds is 4. The predicted octanol–water partition coefficient (Wildman–Crippen LogP) is 1.51. The summed E-state index contributed by atoms with van der Waals surface area (Å²) in [5, 5.41) is 0. The first kappa shape index (κ1) is 13.4. The van der Waals surface area contributed by atoms with Gasteiger partial charge >= 0.3 is 5.76 Å². The van der Waals surface area contributed by atoms with Crippen LogP contribution in [0.4, 0.5) is 0 Å². The van der Waals surface area contributed by atoms with E-state index in [-0.39, 0.29) is 0 Å². The van der Waals surface area contributed by atoms with E-state index in [1.165, 1.54) is 4.57 Å². The van der Waals surface area contributed by atoms with Crippen molar-refractivity contribution in [2.75, 3.05) is 7.11 Å². The van der Waals surface area contributed by atoms with Gasteiger partial charge in [0.1, 0.15) is 5.75 Å². The zero-order valence-electron chi connectivity index (χ0n) is 11.6. The average Bonchev–Trinajstić information content (AvgIpc) is 2.83. The maximum atomic E-state index is 12.0. The highest BCUT2D eigenvalue weighted by molar-refractivity contribution is 5.67. The van der Waals surface area contributed by atoms with E-state index in [1.807, 2.05) is 18.2 Å². The SMILES string of the molecule is COc1ccc(CN)cc1Cn1c(=O)oc2cccnc21. The Balaban J connectivity index is 2.10. The van der Waals surface area contributed by atoms with Crippen LogP contribution in [0.5, 0.6) is 5.75 Å². The molecule has 0 aliphatic heterocycles. The Morgan fingerprint density at radius 2 is 2.24 bits per heavy atom. The van der Waals surface area contributed by atoms with Crippen LogP contribution >= 0.6 is 0 Å². The zero-order valence-corrected chi connectivity index (χ0v) is 11.6. The number of aromatic nitrogens is 2. The van der Waals surface area contributed by atoms with Gasteiger partial charge in [-0.1, -0.05) is 6.07 Å². The lowest BCUT2D eigenvalue weighted by Gasteiger charge is -2.10. The van der Waals surface area contributed by atoms with Gasteiger partial charge in [0.2, 0.25) is 0 Å². The van der Waals surface area contributed by atoms with Crippen LogP contribution in [-0.2, 0) is 13.1 Å². The lowest BCUT2D eigenvalue weighted by Crippen LogP contribution is -2.16. The van der Waals surface area contributed by atoms with Gasteiger partial charge in [0.15, 0.2) is 11.2 Å². The minimum Gasteiger partial charge on any atom is -0.496 e. The van der Waals surface area contributed by atoms with E-state index in [2.05, 4.69) is 4.98 Å². The van der Waals surface area contributed by atoms with Crippen LogP contribution in [0.2, 0.25) is 0 Å². The van der Waals surface area contributed by atoms with Gasteiger partial charge in [-0.15, -0.1) is 0 Å². The van der Waals surface area contributed by atoms with Crippen LogP contribution < -0.4 is 16.2 Å². The molecule has 0 radical (unpaired) electrons. The number of hydrogen-bond acceptors (Lipinski definition) is 5. The second kappa shape index (κ2) is 5.41. The maximum absolute atomic E-state index is 12.0. The molecule has 0 atom stereocenters. The van der Waals surface area contributed by atoms with Crippen LogP contribution in [0, 0.1) is 0 Å². The van der Waals surface area contributed by atoms with Gasteiger partial charge in [-0.3, -0.25) is 4.57 Å². The van der Waals surface area contributed by atoms with Crippen LogP contribution in [0.3, 0.4) is 0 Å². The Kier molecular flexibility index (Phi) is 3.45. The molecule has 0 aliphatic rings. The monoisotopic (exact) mass is 285 g/mol. The molecule has 0 unspecified atom stereocenters. The molecular formula is C15H15N3O3. The number of ether oxygens (including phenoxy) is 1. The second-order valence-electron chi connectivity index (χ2n) is 4.63. The first-order valence-electron chi connectivity index (χ1n) is 6.53. The molecule has 2 heterocycles. The molecule has 2 aromatic heterocycles. The predicted molar refractivity (Wildman–Crippen MR) is 78.3 cm³/mol. The number of fused-ring (bicyclic) bond motifs is 1. The molecule has 0 spiro atoms. The van der Waals surface area contributed by atoms with Crippen LogP contribution in [0.15, 0.2) is 45.7 Å². The van der Waals surface area contributed by atoms with E-state index in [0.29, 0.717) is 30.1 Å². The molecular weight excluding hydrogens is 270 g/mol. The summed E-state index contributed by atoms with van der Waals surface area (Å²) in [7, 11) is 1.59. The lowest BCUT2D eigenvalue weighted by atomic mass is 10.1. The van der Waals surface area contributed by atoms with Crippen LogP contribution in [0.25, 0.3) is 11.2 Å². The molecule has 1 aromatic carbocycles. The Morgan fingerprint density at radius 1 is 1.38 bits per heavy atom. The first-order chi connectivity index (χ1) is 10.2. The fourth-order valence-electron chi connectivity index (χ4n) is 2.29. The van der Waals surface area contributed by atoms with Gasteiger partial charge in [-0.25, -0.2) is 9.78 Å². The third-order valence-electron chi connectivity index (χ3n) is 3.33. The van der Waals surface area contributed by atoms with Gasteiger partial charge < -0.3 is 14.9 Å². The minimum atomic E-state index is -0.441. The van der Waals surface area contributed by atoms with Crippen molar-refractivity contribution in [3.05, 3.63) is 58.2 Å². The maximum Gasteiger partial charge on any atom is 0.421 e. The zero-order chi connectivity index (χ0) is 14.8. The fraction of sp³-hybridized carbons (Fsp3) is 0.200. The molecule has 108 valence electrons. The highest BCUT2D eigenvalue weighted by atomic mass is 16.5. The van der Waals surface area contributed by atoms with E-state index in [4.69, 9.17) is 14.9 Å². The molecule has 0 saturated carbocycles. The molecule has 3 rings (SSSR count). The van der Waals surface area contributed by atoms with Crippen LogP contribution in [-0.4, -0.2) is 16.7 Å². The highest BCUT2D eigenvalue weighted by Gasteiger charge is 2.13. The van der Waals surface area contributed by atoms with E-state index in [0.717, 1.165) is 11.1 Å². The van der Waals surface area contributed by atoms with Crippen molar-refractivity contribution in [3.8, 4) is 5.75 Å². The second-order valence-corrected chi connectivity index (χ2v) is 4.63. The van der Waals surface area contributed by atoms with Crippen molar-refractivity contribution < 1.29 is 9.15 Å². The Hall–Kier alpha value is -2.60. The molecule has 0 amide bonds. The van der Waals surface area contributed by atoms with Crippen molar-refractivity contribution in [2.24, 2.45) is 5.73 Å². The minimum absolute atomic E-state index is 0.319. The molecule has 6 heteroatoms. The third-order valence-corrected chi connectivity index (χ3v) is 3.33. The number of nitrogens with zero attached hydrogens (tertiary/aromatic N) is 2. The normalized spacial score (nSPS) is 11.0. The molecule has 0 fully saturated rings. The molecule has 3 aromatic rings. The molecule has 0 saturated heterocycles. The average molecular weight is 285 g/mol. The van der Waals surface area contributed by atoms with Gasteiger partial charge in [-0.2, -0.15) is 0 Å². The Bertz CT molecular complexity index is 836. The van der Waals surface area contributed by atoms with Gasteiger partial charge in [0.05, 0.1) is 13.7 Å². The number of methoxy groups -OCH3 is 1. The molecule has 2 N–H and O–H groups in total. The molecule has 0 aliphatic carbocycles. The highest BCUT2D eigenvalue weighted by Crippen LogP contribution is 2.22. The van der Waals surface area contributed by atoms with Gasteiger partial charge in [-0.05, 0) is 29.8 Å². The van der Waals surface area contributed by atoms with Crippen molar-refractivity contribution >= 4 is 11.2 Å². The smallest absolute Gasteiger partial charge is 0.421 e. The number of hydrogen-bond donors (Lipinski definition) is 1. The summed E-state index contributed by atoms with van der Waals surface area (Å²) in [6, 6.07) is 9.11. The van der Waals surface area contributed by atoms with Crippen molar-refractivity contribution in [3.63, 3.8) is 0 Å². The van der Waals surface area contributed by atoms with Crippen LogP contribution in [0.1, 0.15) is 11.1 Å². The third kappa shape index (κ3) is 2.41. The van der Waals surface area contributed by atoms with Crippen molar-refractivity contribution in [1.29, 1.82) is 0 Å². The molecule has 6 nitrogen and oxygen atoms in total. The van der Waals surface area contributed by atoms with Crippen molar-refractivity contribution in [2.45, 2.75) is 13.1 Å². The lowest BCUT2D eigenvalue weighted by molar-refractivity contribution is 0.407. The largest absolute Gasteiger partial charge is 0.496 e. The van der Waals surface area contributed by atoms with E-state index in [9.17, 15) is 4.79 Å². The standard InChI is InChI=1S/C15H15N3O3/c1-20-12-5-4-10(8-16)7-11(12)9-18-14-13(21-15(18)19)3-2-6-17-14/h2-7H,8-9,16H2,1H3. The number of oxazole rings is 1. The van der Waals surface area contributed by atoms with E-state index < -0.39 is 5.76 Å². The summed E-state index contributed by atoms with van der Waals surface area (Å²) < 4.78 is 12.0. The first-order valence-corrected chi connectivity index (χ1v) is 6.53. The summed E-state index contributed by atoms with van der Waals surface area (Å²) in [6.45, 7) is 0.746. The topological polar surface area (TPSA) is 83.3 Å². The van der Waals surface area contributed by atoms with Gasteiger partial charge in [0, 0.05) is 18.3 Å². The Labute approximate surface area is 120 Å². The number of nitrogens with two attached hydrogens (primary N) is 1. The van der Waals surface area contributed by atoms with E-state index >= 15 is 0 Å². The van der Waals surface area contributed by atoms with Crippen molar-refractivity contribution in [1.82, 2.24) is 9.55 Å². The molecule has 21 heavy (non-hydrogen) atoms. The van der Waals surface area contributed by atoms with E-state index in [1.54, 1.807) is 25.4 Å². The Morgan fingerprint density at radius 3 is 3.00 bits per heavy atom. The summed E-state index contributed by atoms with van der Waals surface area (Å²) in [5.41, 5.74) is 8.48. The van der Waals surface area contributed by atoms with Gasteiger partial charge in [0.25, 0.3) is 0 Å². The summed E-state index contributed by atoms with van der Waals surface area (Å²) in [5.74, 6) is 0.258. The summed E-state index contributed by atoms with van der Waals surface area (Å²) in [4.78, 5) is 16.2. The number of pyridine rings is 1. The summed E-state index contributed by atoms with van der Waals surface area (Å²) in [6.07, 6.45) is 1.63. The number of benzene rings is 1. The molecule has 0 bridgehead atoms. The fourth-order valence-corrected chi connectivity index (χ4v) is 2.29. The quantitative estimate of drug-likeness (QED) is 0.785. The summed E-state index contributed by atoms with van der Waals surface area (Å²) >= 11 is 0.